The molecule has 1 aliphatic rings. The van der Waals surface area contributed by atoms with Gasteiger partial charge in [-0.2, -0.15) is 5.26 Å². The molecule has 2 atom stereocenters. The van der Waals surface area contributed by atoms with Gasteiger partial charge in [0.2, 0.25) is 0 Å². The standard InChI is InChI=1S/C16H22N2O2/c1-12-4-3-5-15(11-19)18(12)10-14-8-13(9-17)6-7-16(14)20-2/h6-8,12,15,19H,3-5,10-11H2,1-2H3/t12-,15+/m0/s1. The minimum Gasteiger partial charge on any atom is -0.496 e. The van der Waals surface area contributed by atoms with Gasteiger partial charge in [0.25, 0.3) is 0 Å². The lowest BCUT2D eigenvalue weighted by atomic mass is 9.95. The van der Waals surface area contributed by atoms with Crippen LogP contribution >= 0.6 is 0 Å². The first kappa shape index (κ1) is 14.8. The average molecular weight is 274 g/mol. The summed E-state index contributed by atoms with van der Waals surface area (Å²) >= 11 is 0. The molecule has 0 radical (unpaired) electrons. The molecule has 0 aliphatic carbocycles. The van der Waals surface area contributed by atoms with Gasteiger partial charge in [0, 0.05) is 24.2 Å². The lowest BCUT2D eigenvalue weighted by molar-refractivity contribution is 0.0446. The second-order valence-corrected chi connectivity index (χ2v) is 5.43. The third-order valence-electron chi connectivity index (χ3n) is 4.17. The number of aliphatic hydroxyl groups excluding tert-OH is 1. The zero-order valence-corrected chi connectivity index (χ0v) is 12.2. The second-order valence-electron chi connectivity index (χ2n) is 5.43. The maximum absolute atomic E-state index is 9.56. The van der Waals surface area contributed by atoms with Crippen LogP contribution in [0, 0.1) is 11.3 Å². The van der Waals surface area contributed by atoms with Gasteiger partial charge in [0.1, 0.15) is 5.75 Å². The van der Waals surface area contributed by atoms with E-state index in [1.54, 1.807) is 13.2 Å². The number of piperidine rings is 1. The summed E-state index contributed by atoms with van der Waals surface area (Å²) in [7, 11) is 1.65. The van der Waals surface area contributed by atoms with Crippen molar-refractivity contribution in [2.24, 2.45) is 0 Å². The first-order valence-corrected chi connectivity index (χ1v) is 7.13. The molecule has 0 unspecified atom stereocenters. The van der Waals surface area contributed by atoms with Gasteiger partial charge in [0.15, 0.2) is 0 Å². The van der Waals surface area contributed by atoms with E-state index >= 15 is 0 Å². The monoisotopic (exact) mass is 274 g/mol. The second kappa shape index (κ2) is 6.74. The largest absolute Gasteiger partial charge is 0.496 e. The summed E-state index contributed by atoms with van der Waals surface area (Å²) in [4.78, 5) is 2.32. The van der Waals surface area contributed by atoms with Gasteiger partial charge in [0.05, 0.1) is 25.3 Å². The molecule has 0 spiro atoms. The van der Waals surface area contributed by atoms with E-state index in [9.17, 15) is 5.11 Å². The molecule has 1 fully saturated rings. The van der Waals surface area contributed by atoms with E-state index in [0.29, 0.717) is 18.2 Å². The number of rotatable bonds is 4. The predicted molar refractivity (Wildman–Crippen MR) is 77.4 cm³/mol. The topological polar surface area (TPSA) is 56.5 Å². The third kappa shape index (κ3) is 3.12. The SMILES string of the molecule is COc1ccc(C#N)cc1CN1[C@@H](CO)CCC[C@@H]1C. The van der Waals surface area contributed by atoms with Crippen LogP contribution in [0.2, 0.25) is 0 Å². The van der Waals surface area contributed by atoms with E-state index in [4.69, 9.17) is 10.00 Å². The summed E-state index contributed by atoms with van der Waals surface area (Å²) in [5.74, 6) is 0.804. The van der Waals surface area contributed by atoms with Gasteiger partial charge in [-0.25, -0.2) is 0 Å². The van der Waals surface area contributed by atoms with Crippen LogP contribution in [0.1, 0.15) is 37.3 Å². The van der Waals surface area contributed by atoms with Gasteiger partial charge >= 0.3 is 0 Å². The van der Waals surface area contributed by atoms with Gasteiger partial charge in [-0.3, -0.25) is 4.90 Å². The molecule has 0 saturated carbocycles. The summed E-state index contributed by atoms with van der Waals surface area (Å²) in [6.45, 7) is 3.10. The number of likely N-dealkylation sites (tertiary alicyclic amines) is 1. The average Bonchev–Trinajstić information content (AvgIpc) is 2.49. The van der Waals surface area contributed by atoms with Gasteiger partial charge < -0.3 is 9.84 Å². The summed E-state index contributed by atoms with van der Waals surface area (Å²) in [5.41, 5.74) is 1.66. The first-order valence-electron chi connectivity index (χ1n) is 7.13. The van der Waals surface area contributed by atoms with Crippen molar-refractivity contribution in [1.82, 2.24) is 4.90 Å². The predicted octanol–water partition coefficient (Wildman–Crippen LogP) is 2.30. The van der Waals surface area contributed by atoms with Crippen molar-refractivity contribution in [3.8, 4) is 11.8 Å². The van der Waals surface area contributed by atoms with Gasteiger partial charge in [-0.05, 0) is 38.0 Å². The normalized spacial score (nSPS) is 23.3. The molecule has 1 N–H and O–H groups in total. The Hall–Kier alpha value is -1.57. The fourth-order valence-electron chi connectivity index (χ4n) is 2.99. The van der Waals surface area contributed by atoms with Crippen molar-refractivity contribution in [1.29, 1.82) is 5.26 Å². The Morgan fingerprint density at radius 2 is 2.25 bits per heavy atom. The van der Waals surface area contributed by atoms with E-state index in [0.717, 1.165) is 30.6 Å². The van der Waals surface area contributed by atoms with Crippen molar-refractivity contribution in [3.05, 3.63) is 29.3 Å². The Morgan fingerprint density at radius 3 is 2.90 bits per heavy atom. The highest BCUT2D eigenvalue weighted by Crippen LogP contribution is 2.28. The fourth-order valence-corrected chi connectivity index (χ4v) is 2.99. The Morgan fingerprint density at radius 1 is 1.45 bits per heavy atom. The van der Waals surface area contributed by atoms with Crippen LogP contribution in [0.15, 0.2) is 18.2 Å². The van der Waals surface area contributed by atoms with Crippen LogP contribution in [-0.2, 0) is 6.54 Å². The zero-order chi connectivity index (χ0) is 14.5. The Labute approximate surface area is 120 Å². The molecule has 4 heteroatoms. The lowest BCUT2D eigenvalue weighted by Gasteiger charge is -2.40. The molecular weight excluding hydrogens is 252 g/mol. The summed E-state index contributed by atoms with van der Waals surface area (Å²) < 4.78 is 5.39. The van der Waals surface area contributed by atoms with Crippen LogP contribution in [0.4, 0.5) is 0 Å². The molecule has 1 aliphatic heterocycles. The van der Waals surface area contributed by atoms with E-state index in [1.807, 2.05) is 12.1 Å². The molecule has 1 heterocycles. The van der Waals surface area contributed by atoms with E-state index in [2.05, 4.69) is 17.9 Å². The number of ether oxygens (including phenoxy) is 1. The number of nitriles is 1. The molecule has 4 nitrogen and oxygen atoms in total. The van der Waals surface area contributed by atoms with Crippen molar-refractivity contribution < 1.29 is 9.84 Å². The quantitative estimate of drug-likeness (QED) is 0.915. The van der Waals surface area contributed by atoms with Crippen LogP contribution in [-0.4, -0.2) is 35.8 Å². The van der Waals surface area contributed by atoms with Crippen molar-refractivity contribution >= 4 is 0 Å². The lowest BCUT2D eigenvalue weighted by Crippen LogP contribution is -2.46. The number of hydrogen-bond donors (Lipinski definition) is 1. The summed E-state index contributed by atoms with van der Waals surface area (Å²) in [6.07, 6.45) is 3.34. The molecule has 1 saturated heterocycles. The highest BCUT2D eigenvalue weighted by atomic mass is 16.5. The number of benzene rings is 1. The minimum atomic E-state index is 0.185. The Balaban J connectivity index is 2.25. The number of nitrogens with zero attached hydrogens (tertiary/aromatic N) is 2. The Kier molecular flexibility index (Phi) is 4.99. The molecular formula is C16H22N2O2. The molecule has 2 rings (SSSR count). The van der Waals surface area contributed by atoms with Crippen molar-refractivity contribution in [3.63, 3.8) is 0 Å². The third-order valence-corrected chi connectivity index (χ3v) is 4.17. The van der Waals surface area contributed by atoms with E-state index < -0.39 is 0 Å². The number of methoxy groups -OCH3 is 1. The minimum absolute atomic E-state index is 0.185. The van der Waals surface area contributed by atoms with Crippen molar-refractivity contribution in [2.75, 3.05) is 13.7 Å². The summed E-state index contributed by atoms with van der Waals surface area (Å²) in [6, 6.07) is 8.31. The smallest absolute Gasteiger partial charge is 0.123 e. The maximum Gasteiger partial charge on any atom is 0.123 e. The Bertz CT molecular complexity index is 496. The highest BCUT2D eigenvalue weighted by Gasteiger charge is 2.28. The molecule has 20 heavy (non-hydrogen) atoms. The van der Waals surface area contributed by atoms with Crippen molar-refractivity contribution in [2.45, 2.75) is 44.8 Å². The molecule has 0 bridgehead atoms. The van der Waals surface area contributed by atoms with Gasteiger partial charge in [-0.1, -0.05) is 6.42 Å². The first-order chi connectivity index (χ1) is 9.69. The van der Waals surface area contributed by atoms with E-state index in [-0.39, 0.29) is 12.6 Å². The molecule has 1 aromatic carbocycles. The fraction of sp³-hybridized carbons (Fsp3) is 0.562. The molecule has 0 amide bonds. The molecule has 1 aromatic rings. The van der Waals surface area contributed by atoms with Crippen LogP contribution < -0.4 is 4.74 Å². The number of aliphatic hydroxyl groups is 1. The van der Waals surface area contributed by atoms with Crippen LogP contribution in [0.5, 0.6) is 5.75 Å². The molecule has 108 valence electrons. The maximum atomic E-state index is 9.56. The van der Waals surface area contributed by atoms with Gasteiger partial charge in [-0.15, -0.1) is 0 Å². The number of hydrogen-bond acceptors (Lipinski definition) is 4. The molecule has 0 aromatic heterocycles. The van der Waals surface area contributed by atoms with Crippen LogP contribution in [0.25, 0.3) is 0 Å². The summed E-state index contributed by atoms with van der Waals surface area (Å²) in [5, 5.41) is 18.6. The van der Waals surface area contributed by atoms with E-state index in [1.165, 1.54) is 0 Å². The van der Waals surface area contributed by atoms with Crippen LogP contribution in [0.3, 0.4) is 0 Å². The highest BCUT2D eigenvalue weighted by molar-refractivity contribution is 5.42. The zero-order valence-electron chi connectivity index (χ0n) is 12.2.